The zero-order valence-electron chi connectivity index (χ0n) is 16.4. The fourth-order valence-electron chi connectivity index (χ4n) is 3.60. The first-order chi connectivity index (χ1) is 13.6. The Hall–Kier alpha value is -2.92. The van der Waals surface area contributed by atoms with E-state index in [4.69, 9.17) is 4.98 Å². The van der Waals surface area contributed by atoms with Gasteiger partial charge in [-0.1, -0.05) is 48.5 Å². The minimum absolute atomic E-state index is 0.425. The summed E-state index contributed by atoms with van der Waals surface area (Å²) in [5, 5.41) is 13.2. The number of nitrogens with zero attached hydrogens (tertiary/aromatic N) is 3. The fraction of sp³-hybridized carbons (Fsp3) is 0.304. The molecular weight excluding hydrogens is 348 g/mol. The van der Waals surface area contributed by atoms with Gasteiger partial charge in [0.25, 0.3) is 0 Å². The smallest absolute Gasteiger partial charge is 0.225 e. The summed E-state index contributed by atoms with van der Waals surface area (Å²) in [6, 6.07) is 18.6. The molecular formula is C23H26N4O. The van der Waals surface area contributed by atoms with Gasteiger partial charge in [-0.25, -0.2) is 4.98 Å². The molecule has 0 aliphatic carbocycles. The number of hydrogen-bond donors (Lipinski definition) is 2. The van der Waals surface area contributed by atoms with E-state index in [0.717, 1.165) is 36.6 Å². The first-order valence-corrected chi connectivity index (χ1v) is 9.76. The predicted octanol–water partition coefficient (Wildman–Crippen LogP) is 4.01. The van der Waals surface area contributed by atoms with Crippen LogP contribution in [0.25, 0.3) is 0 Å². The zero-order valence-corrected chi connectivity index (χ0v) is 16.4. The third kappa shape index (κ3) is 4.15. The summed E-state index contributed by atoms with van der Waals surface area (Å²) < 4.78 is 0. The average molecular weight is 374 g/mol. The lowest BCUT2D eigenvalue weighted by molar-refractivity contribution is 0.199. The van der Waals surface area contributed by atoms with Crippen molar-refractivity contribution in [3.8, 4) is 0 Å². The number of hydrogen-bond acceptors (Lipinski definition) is 5. The molecule has 28 heavy (non-hydrogen) atoms. The Morgan fingerprint density at radius 2 is 1.89 bits per heavy atom. The van der Waals surface area contributed by atoms with Crippen LogP contribution in [0.3, 0.4) is 0 Å². The molecule has 0 fully saturated rings. The van der Waals surface area contributed by atoms with Crippen LogP contribution in [-0.2, 0) is 19.5 Å². The lowest BCUT2D eigenvalue weighted by Crippen LogP contribution is -2.31. The predicted molar refractivity (Wildman–Crippen MR) is 112 cm³/mol. The van der Waals surface area contributed by atoms with Crippen LogP contribution in [0.4, 0.5) is 11.8 Å². The monoisotopic (exact) mass is 374 g/mol. The van der Waals surface area contributed by atoms with Crippen molar-refractivity contribution in [2.24, 2.45) is 0 Å². The van der Waals surface area contributed by atoms with Gasteiger partial charge in [0.05, 0.1) is 6.10 Å². The van der Waals surface area contributed by atoms with Gasteiger partial charge in [0.2, 0.25) is 5.95 Å². The molecule has 4 rings (SSSR count). The number of rotatable bonds is 5. The summed E-state index contributed by atoms with van der Waals surface area (Å²) in [6.07, 6.45) is 0.525. The molecule has 5 heteroatoms. The maximum absolute atomic E-state index is 9.81. The fourth-order valence-corrected chi connectivity index (χ4v) is 3.60. The van der Waals surface area contributed by atoms with Crippen LogP contribution in [-0.4, -0.2) is 21.6 Å². The van der Waals surface area contributed by atoms with E-state index in [9.17, 15) is 5.11 Å². The Morgan fingerprint density at radius 3 is 2.68 bits per heavy atom. The maximum atomic E-state index is 9.81. The number of fused-ring (bicyclic) bond motifs is 1. The van der Waals surface area contributed by atoms with E-state index in [2.05, 4.69) is 39.5 Å². The Kier molecular flexibility index (Phi) is 5.26. The number of aryl methyl sites for hydroxylation is 1. The summed E-state index contributed by atoms with van der Waals surface area (Å²) in [7, 11) is 0. The molecule has 2 aromatic carbocycles. The summed E-state index contributed by atoms with van der Waals surface area (Å²) in [6.45, 7) is 6.25. The number of anilines is 2. The normalized spacial score (nSPS) is 14.5. The first kappa shape index (κ1) is 18.4. The maximum Gasteiger partial charge on any atom is 0.225 e. The summed E-state index contributed by atoms with van der Waals surface area (Å²) in [5.74, 6) is 1.61. The number of aliphatic hydroxyl groups excluding tert-OH is 1. The number of nitrogens with one attached hydrogen (secondary N) is 1. The zero-order chi connectivity index (χ0) is 19.5. The number of aromatic nitrogens is 2. The quantitative estimate of drug-likeness (QED) is 0.706. The van der Waals surface area contributed by atoms with Crippen LogP contribution in [0, 0.1) is 6.92 Å². The average Bonchev–Trinajstić information content (AvgIpc) is 2.72. The number of benzene rings is 2. The highest BCUT2D eigenvalue weighted by Gasteiger charge is 2.19. The molecule has 0 unspecified atom stereocenters. The van der Waals surface area contributed by atoms with Crippen LogP contribution in [0.5, 0.6) is 0 Å². The van der Waals surface area contributed by atoms with Crippen molar-refractivity contribution in [2.45, 2.75) is 39.5 Å². The molecule has 5 nitrogen and oxygen atoms in total. The van der Waals surface area contributed by atoms with Crippen LogP contribution in [0.1, 0.15) is 41.0 Å². The second-order valence-electron chi connectivity index (χ2n) is 7.41. The minimum Gasteiger partial charge on any atom is -0.389 e. The minimum atomic E-state index is -0.425. The highest BCUT2D eigenvalue weighted by atomic mass is 16.3. The van der Waals surface area contributed by atoms with Crippen molar-refractivity contribution >= 4 is 11.8 Å². The molecule has 0 spiro atoms. The highest BCUT2D eigenvalue weighted by molar-refractivity contribution is 5.49. The molecule has 0 saturated heterocycles. The topological polar surface area (TPSA) is 61.3 Å². The van der Waals surface area contributed by atoms with Gasteiger partial charge < -0.3 is 15.3 Å². The molecule has 0 bridgehead atoms. The van der Waals surface area contributed by atoms with Crippen molar-refractivity contribution in [1.29, 1.82) is 0 Å². The highest BCUT2D eigenvalue weighted by Crippen LogP contribution is 2.26. The van der Waals surface area contributed by atoms with E-state index in [1.807, 2.05) is 44.2 Å². The van der Waals surface area contributed by atoms with Gasteiger partial charge in [-0.3, -0.25) is 0 Å². The molecule has 2 N–H and O–H groups in total. The molecule has 1 aromatic heterocycles. The van der Waals surface area contributed by atoms with Gasteiger partial charge in [-0.15, -0.1) is 0 Å². The molecule has 1 atom stereocenters. The van der Waals surface area contributed by atoms with E-state index in [0.29, 0.717) is 12.5 Å². The molecule has 0 saturated carbocycles. The SMILES string of the molecule is Cc1cc(N2CCc3cc([C@@H](C)O)ccc3C2)nc(NCc2ccccc2)n1. The Morgan fingerprint density at radius 1 is 1.07 bits per heavy atom. The Balaban J connectivity index is 1.50. The second-order valence-corrected chi connectivity index (χ2v) is 7.41. The molecule has 0 amide bonds. The van der Waals surface area contributed by atoms with E-state index in [1.165, 1.54) is 16.7 Å². The van der Waals surface area contributed by atoms with Crippen LogP contribution < -0.4 is 10.2 Å². The van der Waals surface area contributed by atoms with Crippen LogP contribution >= 0.6 is 0 Å². The van der Waals surface area contributed by atoms with Gasteiger partial charge in [-0.05, 0) is 42.5 Å². The van der Waals surface area contributed by atoms with Crippen molar-refractivity contribution in [3.63, 3.8) is 0 Å². The molecule has 1 aliphatic heterocycles. The largest absolute Gasteiger partial charge is 0.389 e. The van der Waals surface area contributed by atoms with Crippen molar-refractivity contribution in [1.82, 2.24) is 9.97 Å². The second kappa shape index (κ2) is 7.98. The Bertz CT molecular complexity index is 956. The Labute approximate surface area is 166 Å². The van der Waals surface area contributed by atoms with E-state index < -0.39 is 6.10 Å². The van der Waals surface area contributed by atoms with E-state index in [1.54, 1.807) is 0 Å². The summed E-state index contributed by atoms with van der Waals surface area (Å²) in [4.78, 5) is 11.6. The first-order valence-electron chi connectivity index (χ1n) is 9.76. The van der Waals surface area contributed by atoms with E-state index in [-0.39, 0.29) is 0 Å². The third-order valence-electron chi connectivity index (χ3n) is 5.18. The van der Waals surface area contributed by atoms with Crippen molar-refractivity contribution in [2.75, 3.05) is 16.8 Å². The van der Waals surface area contributed by atoms with Crippen molar-refractivity contribution < 1.29 is 5.11 Å². The molecule has 1 aliphatic rings. The van der Waals surface area contributed by atoms with Gasteiger partial charge in [0.1, 0.15) is 5.82 Å². The molecule has 0 radical (unpaired) electrons. The van der Waals surface area contributed by atoms with Gasteiger partial charge in [0, 0.05) is 31.4 Å². The molecule has 2 heterocycles. The standard InChI is InChI=1S/C23H26N4O/c1-16-12-22(26-23(25-16)24-14-18-6-4-3-5-7-18)27-11-10-20-13-19(17(2)28)8-9-21(20)15-27/h3-9,12-13,17,28H,10-11,14-15H2,1-2H3,(H,24,25,26)/t17-/m1/s1. The molecule has 3 aromatic rings. The summed E-state index contributed by atoms with van der Waals surface area (Å²) in [5.41, 5.74) is 5.76. The van der Waals surface area contributed by atoms with Crippen molar-refractivity contribution in [3.05, 3.63) is 82.5 Å². The molecule has 144 valence electrons. The van der Waals surface area contributed by atoms with Gasteiger partial charge in [-0.2, -0.15) is 4.98 Å². The lowest BCUT2D eigenvalue weighted by atomic mass is 9.96. The summed E-state index contributed by atoms with van der Waals surface area (Å²) >= 11 is 0. The van der Waals surface area contributed by atoms with Crippen LogP contribution in [0.15, 0.2) is 54.6 Å². The lowest BCUT2D eigenvalue weighted by Gasteiger charge is -2.30. The third-order valence-corrected chi connectivity index (χ3v) is 5.18. The van der Waals surface area contributed by atoms with Gasteiger partial charge in [0.15, 0.2) is 0 Å². The van der Waals surface area contributed by atoms with Crippen LogP contribution in [0.2, 0.25) is 0 Å². The van der Waals surface area contributed by atoms with Gasteiger partial charge >= 0.3 is 0 Å². The van der Waals surface area contributed by atoms with E-state index >= 15 is 0 Å². The number of aliphatic hydroxyl groups is 1.